The zero-order chi connectivity index (χ0) is 9.47. The van der Waals surface area contributed by atoms with Crippen molar-refractivity contribution in [3.8, 4) is 0 Å². The molecule has 2 aliphatic rings. The third-order valence-corrected chi connectivity index (χ3v) is 3.38. The van der Waals surface area contributed by atoms with Gasteiger partial charge in [-0.3, -0.25) is 9.69 Å². The molecule has 0 amide bonds. The molecule has 2 rings (SSSR count). The highest BCUT2D eigenvalue weighted by molar-refractivity contribution is 5.82. The Morgan fingerprint density at radius 3 is 2.54 bits per heavy atom. The Labute approximate surface area is 78.7 Å². The van der Waals surface area contributed by atoms with Crippen LogP contribution in [0.1, 0.15) is 32.6 Å². The van der Waals surface area contributed by atoms with E-state index >= 15 is 0 Å². The number of hydrogen-bond donors (Lipinski definition) is 1. The van der Waals surface area contributed by atoms with Gasteiger partial charge in [-0.05, 0) is 25.2 Å². The van der Waals surface area contributed by atoms with Crippen LogP contribution in [-0.4, -0.2) is 34.6 Å². The predicted molar refractivity (Wildman–Crippen MR) is 49.6 cm³/mol. The van der Waals surface area contributed by atoms with Gasteiger partial charge in [0.25, 0.3) is 0 Å². The fourth-order valence-electron chi connectivity index (χ4n) is 2.29. The molecule has 1 saturated carbocycles. The van der Waals surface area contributed by atoms with E-state index in [9.17, 15) is 4.79 Å². The summed E-state index contributed by atoms with van der Waals surface area (Å²) < 4.78 is 0. The SMILES string of the molecule is CCCC1CN(C2(C(=O)O)CC2)C1. The summed E-state index contributed by atoms with van der Waals surface area (Å²) in [6, 6.07) is 0. The quantitative estimate of drug-likeness (QED) is 0.715. The molecule has 0 atom stereocenters. The molecule has 0 aromatic carbocycles. The maximum absolute atomic E-state index is 10.9. The van der Waals surface area contributed by atoms with E-state index in [0.717, 1.165) is 31.8 Å². The van der Waals surface area contributed by atoms with Gasteiger partial charge in [0, 0.05) is 13.1 Å². The van der Waals surface area contributed by atoms with Crippen molar-refractivity contribution in [2.24, 2.45) is 5.92 Å². The van der Waals surface area contributed by atoms with Crippen LogP contribution in [0.5, 0.6) is 0 Å². The van der Waals surface area contributed by atoms with Crippen molar-refractivity contribution in [1.29, 1.82) is 0 Å². The number of carboxylic acid groups (broad SMARTS) is 1. The monoisotopic (exact) mass is 183 g/mol. The predicted octanol–water partition coefficient (Wildman–Crippen LogP) is 1.34. The Morgan fingerprint density at radius 1 is 1.54 bits per heavy atom. The first-order valence-corrected chi connectivity index (χ1v) is 5.17. The first kappa shape index (κ1) is 9.00. The van der Waals surface area contributed by atoms with Gasteiger partial charge < -0.3 is 5.11 Å². The molecule has 0 unspecified atom stereocenters. The maximum atomic E-state index is 10.9. The molecule has 1 aliphatic heterocycles. The van der Waals surface area contributed by atoms with Gasteiger partial charge in [0.05, 0.1) is 0 Å². The third kappa shape index (κ3) is 1.35. The van der Waals surface area contributed by atoms with Gasteiger partial charge in [-0.15, -0.1) is 0 Å². The van der Waals surface area contributed by atoms with Gasteiger partial charge >= 0.3 is 5.97 Å². The minimum atomic E-state index is -0.609. The normalized spacial score (nSPS) is 26.8. The second-order valence-corrected chi connectivity index (χ2v) is 4.40. The fourth-order valence-corrected chi connectivity index (χ4v) is 2.29. The highest BCUT2D eigenvalue weighted by atomic mass is 16.4. The molecule has 1 saturated heterocycles. The van der Waals surface area contributed by atoms with Gasteiger partial charge in [-0.25, -0.2) is 0 Å². The minimum Gasteiger partial charge on any atom is -0.480 e. The molecule has 1 N–H and O–H groups in total. The van der Waals surface area contributed by atoms with Crippen LogP contribution in [0.2, 0.25) is 0 Å². The summed E-state index contributed by atoms with van der Waals surface area (Å²) in [5.74, 6) is 0.157. The Bertz CT molecular complexity index is 217. The molecule has 0 bridgehead atoms. The van der Waals surface area contributed by atoms with Crippen LogP contribution < -0.4 is 0 Å². The number of aliphatic carboxylic acids is 1. The topological polar surface area (TPSA) is 40.5 Å². The highest BCUT2D eigenvalue weighted by Gasteiger charge is 2.57. The molecule has 13 heavy (non-hydrogen) atoms. The van der Waals surface area contributed by atoms with Crippen LogP contribution >= 0.6 is 0 Å². The van der Waals surface area contributed by atoms with Gasteiger partial charge in [-0.1, -0.05) is 13.3 Å². The smallest absolute Gasteiger partial charge is 0.324 e. The molecule has 1 heterocycles. The van der Waals surface area contributed by atoms with Crippen LogP contribution in [0.25, 0.3) is 0 Å². The zero-order valence-electron chi connectivity index (χ0n) is 8.12. The number of rotatable bonds is 4. The van der Waals surface area contributed by atoms with Gasteiger partial charge in [-0.2, -0.15) is 0 Å². The van der Waals surface area contributed by atoms with E-state index in [0.29, 0.717) is 0 Å². The number of carbonyl (C=O) groups is 1. The number of nitrogens with zero attached hydrogens (tertiary/aromatic N) is 1. The van der Waals surface area contributed by atoms with Crippen LogP contribution in [0.15, 0.2) is 0 Å². The molecule has 3 nitrogen and oxygen atoms in total. The van der Waals surface area contributed by atoms with Gasteiger partial charge in [0.15, 0.2) is 0 Å². The van der Waals surface area contributed by atoms with Gasteiger partial charge in [0.1, 0.15) is 5.54 Å². The Morgan fingerprint density at radius 2 is 2.15 bits per heavy atom. The summed E-state index contributed by atoms with van der Waals surface area (Å²) in [5, 5.41) is 9.01. The maximum Gasteiger partial charge on any atom is 0.324 e. The molecular weight excluding hydrogens is 166 g/mol. The van der Waals surface area contributed by atoms with Crippen LogP contribution in [0.3, 0.4) is 0 Å². The van der Waals surface area contributed by atoms with Crippen molar-refractivity contribution < 1.29 is 9.90 Å². The standard InChI is InChI=1S/C10H17NO2/c1-2-3-8-6-11(7-8)10(4-5-10)9(12)13/h8H,2-7H2,1H3,(H,12,13). The molecule has 0 aromatic rings. The third-order valence-electron chi connectivity index (χ3n) is 3.38. The first-order chi connectivity index (χ1) is 6.19. The van der Waals surface area contributed by atoms with Crippen molar-refractivity contribution in [3.63, 3.8) is 0 Å². The highest BCUT2D eigenvalue weighted by Crippen LogP contribution is 2.46. The molecule has 2 fully saturated rings. The lowest BCUT2D eigenvalue weighted by atomic mass is 9.92. The second kappa shape index (κ2) is 2.98. The Kier molecular flexibility index (Phi) is 2.06. The number of hydrogen-bond acceptors (Lipinski definition) is 2. The van der Waals surface area contributed by atoms with E-state index in [2.05, 4.69) is 11.8 Å². The van der Waals surface area contributed by atoms with Crippen molar-refractivity contribution in [1.82, 2.24) is 4.90 Å². The molecule has 74 valence electrons. The lowest BCUT2D eigenvalue weighted by molar-refractivity contribution is -0.148. The summed E-state index contributed by atoms with van der Waals surface area (Å²) in [5.41, 5.74) is -0.426. The van der Waals surface area contributed by atoms with E-state index in [1.54, 1.807) is 0 Å². The molecule has 0 spiro atoms. The average molecular weight is 183 g/mol. The molecule has 1 aliphatic carbocycles. The molecule has 0 aromatic heterocycles. The summed E-state index contributed by atoms with van der Waals surface area (Å²) in [6.45, 7) is 4.22. The average Bonchev–Trinajstić information content (AvgIpc) is 2.76. The fraction of sp³-hybridized carbons (Fsp3) is 0.900. The summed E-state index contributed by atoms with van der Waals surface area (Å²) in [7, 11) is 0. The first-order valence-electron chi connectivity index (χ1n) is 5.17. The number of likely N-dealkylation sites (tertiary alicyclic amines) is 1. The summed E-state index contributed by atoms with van der Waals surface area (Å²) in [4.78, 5) is 13.1. The van der Waals surface area contributed by atoms with Crippen LogP contribution in [0, 0.1) is 5.92 Å². The largest absolute Gasteiger partial charge is 0.480 e. The molecule has 0 radical (unpaired) electrons. The summed E-state index contributed by atoms with van der Waals surface area (Å²) in [6.07, 6.45) is 4.20. The van der Waals surface area contributed by atoms with E-state index in [-0.39, 0.29) is 0 Å². The number of carboxylic acids is 1. The zero-order valence-corrected chi connectivity index (χ0v) is 8.12. The molecule has 3 heteroatoms. The van der Waals surface area contributed by atoms with Crippen molar-refractivity contribution in [3.05, 3.63) is 0 Å². The van der Waals surface area contributed by atoms with E-state index in [1.165, 1.54) is 12.8 Å². The van der Waals surface area contributed by atoms with E-state index in [4.69, 9.17) is 5.11 Å². The second-order valence-electron chi connectivity index (χ2n) is 4.40. The van der Waals surface area contributed by atoms with Crippen LogP contribution in [-0.2, 0) is 4.79 Å². The van der Waals surface area contributed by atoms with E-state index < -0.39 is 11.5 Å². The van der Waals surface area contributed by atoms with Crippen LogP contribution in [0.4, 0.5) is 0 Å². The summed E-state index contributed by atoms with van der Waals surface area (Å²) >= 11 is 0. The van der Waals surface area contributed by atoms with Crippen molar-refractivity contribution >= 4 is 5.97 Å². The van der Waals surface area contributed by atoms with Gasteiger partial charge in [0.2, 0.25) is 0 Å². The Hall–Kier alpha value is -0.570. The Balaban J connectivity index is 1.83. The minimum absolute atomic E-state index is 0.426. The van der Waals surface area contributed by atoms with Crippen molar-refractivity contribution in [2.45, 2.75) is 38.1 Å². The van der Waals surface area contributed by atoms with E-state index in [1.807, 2.05) is 0 Å². The lowest BCUT2D eigenvalue weighted by Crippen LogP contribution is -2.56. The molecular formula is C10H17NO2. The lowest BCUT2D eigenvalue weighted by Gasteiger charge is -2.43. The van der Waals surface area contributed by atoms with Crippen molar-refractivity contribution in [2.75, 3.05) is 13.1 Å².